The smallest absolute Gasteiger partial charge is 0.306 e. The van der Waals surface area contributed by atoms with Gasteiger partial charge < -0.3 is 14.2 Å². The number of carbonyl (C=O) groups excluding carboxylic acids is 3. The standard InChI is InChI=1S/C57H110O6/c1-7-53(6)45-39-33-27-23-24-29-35-41-47-56(59)62-50-54(49-61-55(58)46-40-34-28-21-17-14-13-16-20-26-32-38-44-52(4)5)63-57(60)48-42-36-30-22-18-12-10-8-9-11-15-19-25-31-37-43-51(2)3/h51-54H,7-50H2,1-6H3/t53?,54-/m1/s1. The molecule has 0 aliphatic rings. The van der Waals surface area contributed by atoms with Crippen LogP contribution in [0, 0.1) is 17.8 Å². The van der Waals surface area contributed by atoms with Gasteiger partial charge in [0.25, 0.3) is 0 Å². The van der Waals surface area contributed by atoms with E-state index in [0.29, 0.717) is 19.3 Å². The predicted octanol–water partition coefficient (Wildman–Crippen LogP) is 18.3. The Morgan fingerprint density at radius 3 is 0.825 bits per heavy atom. The molecule has 374 valence electrons. The van der Waals surface area contributed by atoms with Crippen LogP contribution in [0.3, 0.4) is 0 Å². The second-order valence-corrected chi connectivity index (χ2v) is 20.8. The van der Waals surface area contributed by atoms with Crippen LogP contribution in [-0.4, -0.2) is 37.2 Å². The van der Waals surface area contributed by atoms with Crippen LogP contribution < -0.4 is 0 Å². The summed E-state index contributed by atoms with van der Waals surface area (Å²) in [5, 5.41) is 0. The van der Waals surface area contributed by atoms with Crippen LogP contribution in [0.1, 0.15) is 311 Å². The van der Waals surface area contributed by atoms with E-state index in [-0.39, 0.29) is 31.1 Å². The molecule has 0 saturated heterocycles. The van der Waals surface area contributed by atoms with Gasteiger partial charge >= 0.3 is 17.9 Å². The Balaban J connectivity index is 4.30. The summed E-state index contributed by atoms with van der Waals surface area (Å²) in [6.45, 7) is 13.8. The molecule has 0 saturated carbocycles. The molecule has 0 aromatic rings. The molecule has 2 atom stereocenters. The van der Waals surface area contributed by atoms with Gasteiger partial charge in [0.15, 0.2) is 6.10 Å². The van der Waals surface area contributed by atoms with Crippen molar-refractivity contribution in [2.75, 3.05) is 13.2 Å². The molecule has 6 nitrogen and oxygen atoms in total. The summed E-state index contributed by atoms with van der Waals surface area (Å²) in [6, 6.07) is 0. The third kappa shape index (κ3) is 49.7. The van der Waals surface area contributed by atoms with Crippen LogP contribution in [0.2, 0.25) is 0 Å². The minimum absolute atomic E-state index is 0.0641. The molecule has 0 rings (SSSR count). The average Bonchev–Trinajstić information content (AvgIpc) is 3.25. The maximum atomic E-state index is 12.8. The quantitative estimate of drug-likeness (QED) is 0.0344. The number of rotatable bonds is 50. The van der Waals surface area contributed by atoms with Crippen molar-refractivity contribution in [1.82, 2.24) is 0 Å². The van der Waals surface area contributed by atoms with Gasteiger partial charge in [0.2, 0.25) is 0 Å². The molecule has 0 aromatic heterocycles. The summed E-state index contributed by atoms with van der Waals surface area (Å²) in [4.78, 5) is 38.1. The van der Waals surface area contributed by atoms with Crippen molar-refractivity contribution in [1.29, 1.82) is 0 Å². The Kier molecular flexibility index (Phi) is 47.1. The second-order valence-electron chi connectivity index (χ2n) is 20.8. The zero-order valence-electron chi connectivity index (χ0n) is 43.4. The maximum Gasteiger partial charge on any atom is 0.306 e. The summed E-state index contributed by atoms with van der Waals surface area (Å²) >= 11 is 0. The highest BCUT2D eigenvalue weighted by Gasteiger charge is 2.19. The molecule has 0 fully saturated rings. The number of esters is 3. The fourth-order valence-electron chi connectivity index (χ4n) is 8.61. The van der Waals surface area contributed by atoms with Crippen LogP contribution in [0.4, 0.5) is 0 Å². The number of hydrogen-bond acceptors (Lipinski definition) is 6. The molecule has 1 unspecified atom stereocenters. The molecule has 6 heteroatoms. The molecule has 63 heavy (non-hydrogen) atoms. The molecule has 0 aliphatic carbocycles. The van der Waals surface area contributed by atoms with Gasteiger partial charge in [-0.3, -0.25) is 14.4 Å². The third-order valence-electron chi connectivity index (χ3n) is 13.3. The van der Waals surface area contributed by atoms with Gasteiger partial charge in [-0.25, -0.2) is 0 Å². The topological polar surface area (TPSA) is 78.9 Å². The predicted molar refractivity (Wildman–Crippen MR) is 270 cm³/mol. The fourth-order valence-corrected chi connectivity index (χ4v) is 8.61. The Labute approximate surface area is 393 Å². The zero-order valence-corrected chi connectivity index (χ0v) is 43.4. The molecule has 0 spiro atoms. The van der Waals surface area contributed by atoms with Gasteiger partial charge in [-0.05, 0) is 37.0 Å². The Bertz CT molecular complexity index is 978. The number of unbranched alkanes of at least 4 members (excludes halogenated alkanes) is 32. The van der Waals surface area contributed by atoms with Crippen molar-refractivity contribution in [3.63, 3.8) is 0 Å². The van der Waals surface area contributed by atoms with Crippen molar-refractivity contribution in [2.24, 2.45) is 17.8 Å². The monoisotopic (exact) mass is 891 g/mol. The first-order valence-corrected chi connectivity index (χ1v) is 28.1. The van der Waals surface area contributed by atoms with Crippen molar-refractivity contribution in [3.8, 4) is 0 Å². The van der Waals surface area contributed by atoms with Gasteiger partial charge in [0, 0.05) is 19.3 Å². The lowest BCUT2D eigenvalue weighted by Gasteiger charge is -2.18. The van der Waals surface area contributed by atoms with Crippen molar-refractivity contribution >= 4 is 17.9 Å². The van der Waals surface area contributed by atoms with Crippen molar-refractivity contribution in [2.45, 2.75) is 317 Å². The largest absolute Gasteiger partial charge is 0.462 e. The van der Waals surface area contributed by atoms with Crippen LogP contribution in [0.15, 0.2) is 0 Å². The lowest BCUT2D eigenvalue weighted by molar-refractivity contribution is -0.167. The maximum absolute atomic E-state index is 12.8. The first-order valence-electron chi connectivity index (χ1n) is 28.1. The van der Waals surface area contributed by atoms with E-state index in [9.17, 15) is 14.4 Å². The number of ether oxygens (including phenoxy) is 3. The molecule has 0 N–H and O–H groups in total. The summed E-state index contributed by atoms with van der Waals surface area (Å²) in [5.74, 6) is 1.68. The highest BCUT2D eigenvalue weighted by atomic mass is 16.6. The molecule has 0 radical (unpaired) electrons. The molecule has 0 aliphatic heterocycles. The van der Waals surface area contributed by atoms with E-state index in [1.807, 2.05) is 0 Å². The van der Waals surface area contributed by atoms with Gasteiger partial charge in [-0.1, -0.05) is 273 Å². The first kappa shape index (κ1) is 61.4. The van der Waals surface area contributed by atoms with Crippen molar-refractivity contribution in [3.05, 3.63) is 0 Å². The van der Waals surface area contributed by atoms with E-state index in [2.05, 4.69) is 41.5 Å². The number of carbonyl (C=O) groups is 3. The minimum atomic E-state index is -0.763. The van der Waals surface area contributed by atoms with Gasteiger partial charge in [0.1, 0.15) is 13.2 Å². The van der Waals surface area contributed by atoms with Crippen LogP contribution in [0.5, 0.6) is 0 Å². The van der Waals surface area contributed by atoms with Gasteiger partial charge in [-0.15, -0.1) is 0 Å². The zero-order chi connectivity index (χ0) is 46.3. The first-order chi connectivity index (χ1) is 30.6. The molecular weight excluding hydrogens is 781 g/mol. The highest BCUT2D eigenvalue weighted by Crippen LogP contribution is 2.18. The van der Waals surface area contributed by atoms with Crippen LogP contribution in [-0.2, 0) is 28.6 Å². The lowest BCUT2D eigenvalue weighted by Crippen LogP contribution is -2.30. The number of hydrogen-bond donors (Lipinski definition) is 0. The summed E-state index contributed by atoms with van der Waals surface area (Å²) in [7, 11) is 0. The summed E-state index contributed by atoms with van der Waals surface area (Å²) in [5.41, 5.74) is 0. The fraction of sp³-hybridized carbons (Fsp3) is 0.947. The average molecular weight is 892 g/mol. The van der Waals surface area contributed by atoms with E-state index in [1.165, 1.54) is 193 Å². The summed E-state index contributed by atoms with van der Waals surface area (Å²) < 4.78 is 16.9. The second kappa shape index (κ2) is 48.3. The van der Waals surface area contributed by atoms with E-state index in [4.69, 9.17) is 14.2 Å². The highest BCUT2D eigenvalue weighted by molar-refractivity contribution is 5.71. The summed E-state index contributed by atoms with van der Waals surface area (Å²) in [6.07, 6.45) is 49.4. The van der Waals surface area contributed by atoms with Crippen LogP contribution >= 0.6 is 0 Å². The van der Waals surface area contributed by atoms with E-state index in [0.717, 1.165) is 75.5 Å². The van der Waals surface area contributed by atoms with E-state index in [1.54, 1.807) is 0 Å². The third-order valence-corrected chi connectivity index (χ3v) is 13.3. The lowest BCUT2D eigenvalue weighted by atomic mass is 9.99. The van der Waals surface area contributed by atoms with Gasteiger partial charge in [-0.2, -0.15) is 0 Å². The minimum Gasteiger partial charge on any atom is -0.462 e. The van der Waals surface area contributed by atoms with E-state index < -0.39 is 6.10 Å². The Morgan fingerprint density at radius 1 is 0.317 bits per heavy atom. The molecule has 0 aromatic carbocycles. The SMILES string of the molecule is CCC(C)CCCCCCCCCCC(=O)OC[C@@H](COC(=O)CCCCCCCCCCCCCCC(C)C)OC(=O)CCCCCCCCCCCCCCCCCC(C)C. The molecular formula is C57H110O6. The Morgan fingerprint density at radius 2 is 0.556 bits per heavy atom. The van der Waals surface area contributed by atoms with E-state index >= 15 is 0 Å². The molecule has 0 heterocycles. The molecule has 0 amide bonds. The van der Waals surface area contributed by atoms with Crippen LogP contribution in [0.25, 0.3) is 0 Å². The molecule has 0 bridgehead atoms. The van der Waals surface area contributed by atoms with Crippen molar-refractivity contribution < 1.29 is 28.6 Å². The van der Waals surface area contributed by atoms with Gasteiger partial charge in [0.05, 0.1) is 0 Å². The Hall–Kier alpha value is -1.59. The normalized spacial score (nSPS) is 12.6.